The molecule has 0 radical (unpaired) electrons. The lowest BCUT2D eigenvalue weighted by atomic mass is 9.76. The second-order valence-electron chi connectivity index (χ2n) is 5.87. The summed E-state index contributed by atoms with van der Waals surface area (Å²) in [5, 5.41) is 12.0. The molecular weight excluding hydrogens is 218 g/mol. The number of hydrogen-bond donors (Lipinski definition) is 2. The van der Waals surface area contributed by atoms with Crippen molar-refractivity contribution in [1.82, 2.24) is 5.32 Å². The van der Waals surface area contributed by atoms with E-state index in [1.165, 1.54) is 12.8 Å². The molecule has 0 aromatic carbocycles. The van der Waals surface area contributed by atoms with Crippen molar-refractivity contribution >= 4 is 11.9 Å². The van der Waals surface area contributed by atoms with Gasteiger partial charge in [0.1, 0.15) is 5.54 Å². The number of carbonyl (C=O) groups excluding carboxylic acids is 1. The van der Waals surface area contributed by atoms with Crippen molar-refractivity contribution in [1.29, 1.82) is 0 Å². The van der Waals surface area contributed by atoms with Gasteiger partial charge in [-0.2, -0.15) is 0 Å². The third kappa shape index (κ3) is 1.65. The van der Waals surface area contributed by atoms with E-state index in [1.54, 1.807) is 0 Å². The van der Waals surface area contributed by atoms with Gasteiger partial charge >= 0.3 is 5.97 Å². The van der Waals surface area contributed by atoms with Gasteiger partial charge in [-0.1, -0.05) is 12.8 Å². The molecule has 0 heterocycles. The van der Waals surface area contributed by atoms with Crippen molar-refractivity contribution in [3.63, 3.8) is 0 Å². The number of carboxylic acid groups (broad SMARTS) is 1. The molecular formula is C13H19NO3. The van der Waals surface area contributed by atoms with Gasteiger partial charge in [0, 0.05) is 5.92 Å². The van der Waals surface area contributed by atoms with Crippen LogP contribution >= 0.6 is 0 Å². The summed E-state index contributed by atoms with van der Waals surface area (Å²) in [4.78, 5) is 23.3. The van der Waals surface area contributed by atoms with Gasteiger partial charge in [-0.25, -0.2) is 4.79 Å². The summed E-state index contributed by atoms with van der Waals surface area (Å²) in [6.07, 6.45) is 6.87. The van der Waals surface area contributed by atoms with Gasteiger partial charge in [0.2, 0.25) is 5.91 Å². The summed E-state index contributed by atoms with van der Waals surface area (Å²) in [5.41, 5.74) is -0.928. The minimum absolute atomic E-state index is 0.00370. The first-order valence-corrected chi connectivity index (χ1v) is 6.69. The van der Waals surface area contributed by atoms with Crippen molar-refractivity contribution in [3.05, 3.63) is 0 Å². The first kappa shape index (κ1) is 11.1. The predicted molar refractivity (Wildman–Crippen MR) is 61.3 cm³/mol. The molecule has 0 saturated heterocycles. The maximum atomic E-state index is 12.1. The lowest BCUT2D eigenvalue weighted by molar-refractivity contribution is -0.152. The molecule has 3 aliphatic carbocycles. The lowest BCUT2D eigenvalue weighted by Gasteiger charge is -2.38. The van der Waals surface area contributed by atoms with E-state index >= 15 is 0 Å². The summed E-state index contributed by atoms with van der Waals surface area (Å²) in [7, 11) is 0. The van der Waals surface area contributed by atoms with Crippen molar-refractivity contribution in [3.8, 4) is 0 Å². The Hall–Kier alpha value is -1.06. The number of amides is 1. The highest BCUT2D eigenvalue weighted by Crippen LogP contribution is 2.55. The summed E-state index contributed by atoms with van der Waals surface area (Å²) >= 11 is 0. The Kier molecular flexibility index (Phi) is 2.42. The van der Waals surface area contributed by atoms with E-state index in [0.29, 0.717) is 24.7 Å². The Balaban J connectivity index is 1.62. The minimum Gasteiger partial charge on any atom is -0.480 e. The summed E-state index contributed by atoms with van der Waals surface area (Å²) in [6.45, 7) is 0. The van der Waals surface area contributed by atoms with E-state index in [-0.39, 0.29) is 11.8 Å². The number of nitrogens with one attached hydrogen (secondary N) is 1. The number of carbonyl (C=O) groups is 2. The topological polar surface area (TPSA) is 66.4 Å². The van der Waals surface area contributed by atoms with E-state index in [2.05, 4.69) is 5.32 Å². The number of carboxylic acids is 1. The summed E-state index contributed by atoms with van der Waals surface area (Å²) in [5.74, 6) is 0.364. The second kappa shape index (κ2) is 3.72. The molecule has 3 saturated carbocycles. The van der Waals surface area contributed by atoms with Gasteiger partial charge in [-0.3, -0.25) is 4.79 Å². The maximum Gasteiger partial charge on any atom is 0.329 e. The van der Waals surface area contributed by atoms with Crippen LogP contribution in [0.4, 0.5) is 0 Å². The molecule has 0 spiro atoms. The normalized spacial score (nSPS) is 37.5. The maximum absolute atomic E-state index is 12.1. The molecule has 4 nitrogen and oxygen atoms in total. The average molecular weight is 237 g/mol. The molecule has 4 heteroatoms. The van der Waals surface area contributed by atoms with Crippen LogP contribution in [0.15, 0.2) is 0 Å². The van der Waals surface area contributed by atoms with E-state index in [0.717, 1.165) is 19.3 Å². The molecule has 0 bridgehead atoms. The third-order valence-electron chi connectivity index (χ3n) is 4.94. The van der Waals surface area contributed by atoms with Crippen molar-refractivity contribution in [2.75, 3.05) is 0 Å². The van der Waals surface area contributed by atoms with Crippen LogP contribution < -0.4 is 5.32 Å². The Bertz CT molecular complexity index is 350. The summed E-state index contributed by atoms with van der Waals surface area (Å²) < 4.78 is 0. The lowest BCUT2D eigenvalue weighted by Crippen LogP contribution is -2.59. The Morgan fingerprint density at radius 3 is 2.06 bits per heavy atom. The van der Waals surface area contributed by atoms with E-state index < -0.39 is 11.5 Å². The highest BCUT2D eigenvalue weighted by atomic mass is 16.4. The molecule has 0 aliphatic heterocycles. The Labute approximate surface area is 101 Å². The standard InChI is InChI=1S/C13H19NO3/c15-11(10-8-4-1-2-5-9(8)10)14-13(12(16)17)6-3-7-13/h8-10H,1-7H2,(H,14,15)(H,16,17). The van der Waals surface area contributed by atoms with Crippen molar-refractivity contribution < 1.29 is 14.7 Å². The predicted octanol–water partition coefficient (Wildman–Crippen LogP) is 1.55. The number of rotatable bonds is 3. The molecule has 1 amide bonds. The molecule has 2 atom stereocenters. The molecule has 3 aliphatic rings. The van der Waals surface area contributed by atoms with E-state index in [1.807, 2.05) is 0 Å². The quantitative estimate of drug-likeness (QED) is 0.782. The molecule has 2 unspecified atom stereocenters. The van der Waals surface area contributed by atoms with Gasteiger partial charge in [-0.05, 0) is 43.9 Å². The highest BCUT2D eigenvalue weighted by Gasteiger charge is 2.57. The zero-order valence-electron chi connectivity index (χ0n) is 9.95. The van der Waals surface area contributed by atoms with Crippen LogP contribution in [0.1, 0.15) is 44.9 Å². The molecule has 0 aromatic heterocycles. The van der Waals surface area contributed by atoms with E-state index in [4.69, 9.17) is 0 Å². The zero-order valence-corrected chi connectivity index (χ0v) is 9.95. The second-order valence-corrected chi connectivity index (χ2v) is 5.87. The van der Waals surface area contributed by atoms with Crippen LogP contribution in [0.2, 0.25) is 0 Å². The van der Waals surface area contributed by atoms with Gasteiger partial charge < -0.3 is 10.4 Å². The Morgan fingerprint density at radius 2 is 1.65 bits per heavy atom. The smallest absolute Gasteiger partial charge is 0.329 e. The fourth-order valence-corrected chi connectivity index (χ4v) is 3.62. The van der Waals surface area contributed by atoms with Crippen LogP contribution in [0, 0.1) is 17.8 Å². The fourth-order valence-electron chi connectivity index (χ4n) is 3.62. The van der Waals surface area contributed by atoms with Crippen LogP contribution in [0.5, 0.6) is 0 Å². The van der Waals surface area contributed by atoms with Gasteiger partial charge in [-0.15, -0.1) is 0 Å². The molecule has 0 aromatic rings. The SMILES string of the molecule is O=C(NC1(C(=O)O)CCC1)C1C2CCCCC21. The number of hydrogen-bond acceptors (Lipinski definition) is 2. The monoisotopic (exact) mass is 237 g/mol. The fraction of sp³-hybridized carbons (Fsp3) is 0.846. The summed E-state index contributed by atoms with van der Waals surface area (Å²) in [6, 6.07) is 0. The van der Waals surface area contributed by atoms with Gasteiger partial charge in [0.15, 0.2) is 0 Å². The van der Waals surface area contributed by atoms with Gasteiger partial charge in [0.25, 0.3) is 0 Å². The van der Waals surface area contributed by atoms with E-state index in [9.17, 15) is 14.7 Å². The first-order chi connectivity index (χ1) is 8.14. The van der Waals surface area contributed by atoms with Crippen LogP contribution in [-0.4, -0.2) is 22.5 Å². The number of aliphatic carboxylic acids is 1. The van der Waals surface area contributed by atoms with Crippen LogP contribution in [-0.2, 0) is 9.59 Å². The third-order valence-corrected chi connectivity index (χ3v) is 4.94. The minimum atomic E-state index is -0.928. The van der Waals surface area contributed by atoms with Gasteiger partial charge in [0.05, 0.1) is 0 Å². The van der Waals surface area contributed by atoms with Crippen LogP contribution in [0.25, 0.3) is 0 Å². The van der Waals surface area contributed by atoms with Crippen LogP contribution in [0.3, 0.4) is 0 Å². The largest absolute Gasteiger partial charge is 0.480 e. The van der Waals surface area contributed by atoms with Crippen molar-refractivity contribution in [2.24, 2.45) is 17.8 Å². The molecule has 3 rings (SSSR count). The molecule has 94 valence electrons. The average Bonchev–Trinajstić information content (AvgIpc) is 2.96. The Morgan fingerprint density at radius 1 is 1.06 bits per heavy atom. The zero-order chi connectivity index (χ0) is 12.0. The first-order valence-electron chi connectivity index (χ1n) is 6.69. The molecule has 2 N–H and O–H groups in total. The van der Waals surface area contributed by atoms with Crippen molar-refractivity contribution in [2.45, 2.75) is 50.5 Å². The molecule has 17 heavy (non-hydrogen) atoms. The molecule has 3 fully saturated rings. The highest BCUT2D eigenvalue weighted by molar-refractivity contribution is 5.90. The number of fused-ring (bicyclic) bond motifs is 1.